The highest BCUT2D eigenvalue weighted by molar-refractivity contribution is 5.77. The van der Waals surface area contributed by atoms with E-state index in [9.17, 15) is 9.90 Å². The largest absolute Gasteiger partial charge is 0.484 e. The SMILES string of the molecule is COCC(O)CNC(=O)COc1cc(C)cc(C)c1. The van der Waals surface area contributed by atoms with E-state index >= 15 is 0 Å². The summed E-state index contributed by atoms with van der Waals surface area (Å²) in [5, 5.41) is 11.9. The third kappa shape index (κ3) is 6.22. The predicted octanol–water partition coefficient (Wildman–Crippen LogP) is 0.806. The van der Waals surface area contributed by atoms with E-state index in [1.54, 1.807) is 0 Å². The third-order valence-electron chi connectivity index (χ3n) is 2.46. The zero-order valence-corrected chi connectivity index (χ0v) is 11.6. The van der Waals surface area contributed by atoms with Gasteiger partial charge >= 0.3 is 0 Å². The molecule has 0 saturated carbocycles. The molecule has 19 heavy (non-hydrogen) atoms. The van der Waals surface area contributed by atoms with Crippen LogP contribution < -0.4 is 10.1 Å². The molecule has 1 unspecified atom stereocenters. The Hall–Kier alpha value is -1.59. The molecule has 1 atom stereocenters. The minimum Gasteiger partial charge on any atom is -0.484 e. The zero-order valence-electron chi connectivity index (χ0n) is 11.6. The summed E-state index contributed by atoms with van der Waals surface area (Å²) in [5.41, 5.74) is 2.18. The first-order valence-corrected chi connectivity index (χ1v) is 6.16. The van der Waals surface area contributed by atoms with Crippen molar-refractivity contribution in [1.82, 2.24) is 5.32 Å². The Morgan fingerprint density at radius 2 is 1.95 bits per heavy atom. The first-order valence-electron chi connectivity index (χ1n) is 6.16. The van der Waals surface area contributed by atoms with Gasteiger partial charge in [0.25, 0.3) is 5.91 Å². The van der Waals surface area contributed by atoms with Crippen LogP contribution in [0.2, 0.25) is 0 Å². The van der Waals surface area contributed by atoms with Gasteiger partial charge < -0.3 is 19.9 Å². The van der Waals surface area contributed by atoms with Gasteiger partial charge in [0, 0.05) is 13.7 Å². The number of aliphatic hydroxyl groups is 1. The number of hydrogen-bond donors (Lipinski definition) is 2. The van der Waals surface area contributed by atoms with E-state index in [0.29, 0.717) is 5.75 Å². The lowest BCUT2D eigenvalue weighted by molar-refractivity contribution is -0.123. The summed E-state index contributed by atoms with van der Waals surface area (Å²) < 4.78 is 10.2. The van der Waals surface area contributed by atoms with E-state index in [0.717, 1.165) is 11.1 Å². The molecule has 0 aliphatic heterocycles. The lowest BCUT2D eigenvalue weighted by Gasteiger charge is -2.12. The minimum atomic E-state index is -0.699. The molecule has 1 amide bonds. The molecular weight excluding hydrogens is 246 g/mol. The number of carbonyl (C=O) groups excluding carboxylic acids is 1. The van der Waals surface area contributed by atoms with Crippen molar-refractivity contribution < 1.29 is 19.4 Å². The van der Waals surface area contributed by atoms with E-state index in [1.807, 2.05) is 32.0 Å². The Labute approximate surface area is 113 Å². The van der Waals surface area contributed by atoms with Crippen molar-refractivity contribution in [3.63, 3.8) is 0 Å². The van der Waals surface area contributed by atoms with Crippen LogP contribution in [-0.2, 0) is 9.53 Å². The lowest BCUT2D eigenvalue weighted by Crippen LogP contribution is -2.37. The molecule has 106 valence electrons. The molecule has 0 aliphatic rings. The molecule has 0 fully saturated rings. The molecule has 1 aromatic rings. The fourth-order valence-electron chi connectivity index (χ4n) is 1.70. The van der Waals surface area contributed by atoms with Crippen LogP contribution in [0, 0.1) is 13.8 Å². The number of methoxy groups -OCH3 is 1. The average molecular weight is 267 g/mol. The van der Waals surface area contributed by atoms with Crippen molar-refractivity contribution in [2.45, 2.75) is 20.0 Å². The highest BCUT2D eigenvalue weighted by atomic mass is 16.5. The summed E-state index contributed by atoms with van der Waals surface area (Å²) in [4.78, 5) is 11.5. The number of carbonyl (C=O) groups is 1. The van der Waals surface area contributed by atoms with Crippen molar-refractivity contribution in [2.75, 3.05) is 26.9 Å². The molecule has 1 rings (SSSR count). The normalized spacial score (nSPS) is 12.0. The molecule has 0 radical (unpaired) electrons. The van der Waals surface area contributed by atoms with E-state index in [-0.39, 0.29) is 25.7 Å². The number of nitrogens with one attached hydrogen (secondary N) is 1. The zero-order chi connectivity index (χ0) is 14.3. The monoisotopic (exact) mass is 267 g/mol. The van der Waals surface area contributed by atoms with Gasteiger partial charge in [-0.05, 0) is 37.1 Å². The molecular formula is C14H21NO4. The van der Waals surface area contributed by atoms with Crippen LogP contribution >= 0.6 is 0 Å². The van der Waals surface area contributed by atoms with Crippen molar-refractivity contribution in [2.24, 2.45) is 0 Å². The van der Waals surface area contributed by atoms with Crippen LogP contribution in [0.5, 0.6) is 5.75 Å². The molecule has 2 N–H and O–H groups in total. The lowest BCUT2D eigenvalue weighted by atomic mass is 10.1. The van der Waals surface area contributed by atoms with Crippen molar-refractivity contribution in [3.05, 3.63) is 29.3 Å². The molecule has 0 heterocycles. The van der Waals surface area contributed by atoms with Gasteiger partial charge in [-0.3, -0.25) is 4.79 Å². The summed E-state index contributed by atoms with van der Waals surface area (Å²) in [6.45, 7) is 4.23. The smallest absolute Gasteiger partial charge is 0.258 e. The van der Waals surface area contributed by atoms with E-state index in [4.69, 9.17) is 9.47 Å². The number of amides is 1. The summed E-state index contributed by atoms with van der Waals surface area (Å²) in [5.74, 6) is 0.402. The van der Waals surface area contributed by atoms with E-state index < -0.39 is 6.10 Å². The highest BCUT2D eigenvalue weighted by Crippen LogP contribution is 2.15. The number of benzene rings is 1. The molecule has 5 nitrogen and oxygen atoms in total. The van der Waals surface area contributed by atoms with Gasteiger partial charge in [-0.1, -0.05) is 6.07 Å². The molecule has 5 heteroatoms. The van der Waals surface area contributed by atoms with Crippen LogP contribution in [0.4, 0.5) is 0 Å². The maximum atomic E-state index is 11.5. The molecule has 0 bridgehead atoms. The van der Waals surface area contributed by atoms with Crippen molar-refractivity contribution in [1.29, 1.82) is 0 Å². The fraction of sp³-hybridized carbons (Fsp3) is 0.500. The third-order valence-corrected chi connectivity index (χ3v) is 2.46. The van der Waals surface area contributed by atoms with Crippen LogP contribution in [0.3, 0.4) is 0 Å². The second-order valence-electron chi connectivity index (χ2n) is 4.53. The Morgan fingerprint density at radius 1 is 1.32 bits per heavy atom. The van der Waals surface area contributed by atoms with Gasteiger partial charge in [-0.15, -0.1) is 0 Å². The first kappa shape index (κ1) is 15.5. The molecule has 1 aromatic carbocycles. The molecule has 0 aliphatic carbocycles. The summed E-state index contributed by atoms with van der Waals surface area (Å²) in [7, 11) is 1.49. The Kier molecular flexibility index (Phi) is 6.32. The van der Waals surface area contributed by atoms with Crippen LogP contribution in [-0.4, -0.2) is 44.0 Å². The Balaban J connectivity index is 2.33. The number of aliphatic hydroxyl groups excluding tert-OH is 1. The van der Waals surface area contributed by atoms with Crippen LogP contribution in [0.25, 0.3) is 0 Å². The summed E-state index contributed by atoms with van der Waals surface area (Å²) in [6, 6.07) is 5.79. The number of rotatable bonds is 7. The maximum absolute atomic E-state index is 11.5. The average Bonchev–Trinajstić information content (AvgIpc) is 2.33. The van der Waals surface area contributed by atoms with Gasteiger partial charge in [0.05, 0.1) is 12.7 Å². The Bertz CT molecular complexity index is 400. The summed E-state index contributed by atoms with van der Waals surface area (Å²) in [6.07, 6.45) is -0.699. The topological polar surface area (TPSA) is 67.8 Å². The van der Waals surface area contributed by atoms with Gasteiger partial charge in [0.15, 0.2) is 6.61 Å². The molecule has 0 aromatic heterocycles. The van der Waals surface area contributed by atoms with Gasteiger partial charge in [0.1, 0.15) is 5.75 Å². The Morgan fingerprint density at radius 3 is 2.53 bits per heavy atom. The maximum Gasteiger partial charge on any atom is 0.258 e. The minimum absolute atomic E-state index is 0.0669. The van der Waals surface area contributed by atoms with Crippen molar-refractivity contribution >= 4 is 5.91 Å². The quantitative estimate of drug-likeness (QED) is 0.767. The molecule has 0 spiro atoms. The standard InChI is InChI=1S/C14H21NO4/c1-10-4-11(2)6-13(5-10)19-9-14(17)15-7-12(16)8-18-3/h4-6,12,16H,7-9H2,1-3H3,(H,15,17). The second-order valence-corrected chi connectivity index (χ2v) is 4.53. The van der Waals surface area contributed by atoms with Crippen molar-refractivity contribution in [3.8, 4) is 5.75 Å². The summed E-state index contributed by atoms with van der Waals surface area (Å²) >= 11 is 0. The first-order chi connectivity index (χ1) is 9.01. The van der Waals surface area contributed by atoms with Gasteiger partial charge in [-0.2, -0.15) is 0 Å². The number of ether oxygens (including phenoxy) is 2. The fourth-order valence-corrected chi connectivity index (χ4v) is 1.70. The van der Waals surface area contributed by atoms with Gasteiger partial charge in [-0.25, -0.2) is 0 Å². The van der Waals surface area contributed by atoms with Gasteiger partial charge in [0.2, 0.25) is 0 Å². The van der Waals surface area contributed by atoms with Crippen LogP contribution in [0.15, 0.2) is 18.2 Å². The van der Waals surface area contributed by atoms with E-state index in [1.165, 1.54) is 7.11 Å². The predicted molar refractivity (Wildman–Crippen MR) is 72.3 cm³/mol. The number of aryl methyl sites for hydroxylation is 2. The highest BCUT2D eigenvalue weighted by Gasteiger charge is 2.07. The second kappa shape index (κ2) is 7.76. The van der Waals surface area contributed by atoms with E-state index in [2.05, 4.69) is 5.32 Å². The number of hydrogen-bond acceptors (Lipinski definition) is 4. The molecule has 0 saturated heterocycles. The van der Waals surface area contributed by atoms with Crippen LogP contribution in [0.1, 0.15) is 11.1 Å².